The fraction of sp³-hybridized carbons (Fsp3) is 0.667. The first-order valence-corrected chi connectivity index (χ1v) is 12.9. The van der Waals surface area contributed by atoms with E-state index < -0.39 is 18.2 Å². The fourth-order valence-corrected chi connectivity index (χ4v) is 7.27. The number of rotatable bonds is 5. The quantitative estimate of drug-likeness (QED) is 0.790. The normalized spacial score (nSPS) is 16.1. The van der Waals surface area contributed by atoms with Crippen molar-refractivity contribution in [3.05, 3.63) is 29.8 Å². The van der Waals surface area contributed by atoms with Crippen molar-refractivity contribution in [3.8, 4) is 0 Å². The number of likely N-dealkylation sites (N-methyl/N-ethyl adjacent to an activating group) is 1. The van der Waals surface area contributed by atoms with Crippen LogP contribution in [0.2, 0.25) is 18.1 Å². The van der Waals surface area contributed by atoms with E-state index in [2.05, 4.69) is 70.7 Å². The zero-order valence-corrected chi connectivity index (χ0v) is 18.6. The van der Waals surface area contributed by atoms with E-state index in [0.717, 1.165) is 6.54 Å². The van der Waals surface area contributed by atoms with Crippen LogP contribution in [-0.2, 0) is 15.3 Å². The topological polar surface area (TPSA) is 58.7 Å². The monoisotopic (exact) mass is 369 g/mol. The van der Waals surface area contributed by atoms with Gasteiger partial charge in [0.25, 0.3) is 0 Å². The third-order valence-electron chi connectivity index (χ3n) is 4.88. The van der Waals surface area contributed by atoms with E-state index in [1.54, 1.807) is 0 Å². The van der Waals surface area contributed by atoms with E-state index in [-0.39, 0.29) is 10.5 Å². The minimum Gasteiger partial charge on any atom is -0.309 e. The average Bonchev–Trinajstić information content (AvgIpc) is 2.34. The highest BCUT2D eigenvalue weighted by Gasteiger charge is 2.37. The Morgan fingerprint density at radius 2 is 1.54 bits per heavy atom. The summed E-state index contributed by atoms with van der Waals surface area (Å²) in [6.45, 7) is 16.0. The van der Waals surface area contributed by atoms with Crippen molar-refractivity contribution >= 4 is 18.2 Å². The molecular weight excluding hydrogens is 334 g/mol. The van der Waals surface area contributed by atoms with Crippen LogP contribution in [-0.4, -0.2) is 38.0 Å². The first kappa shape index (κ1) is 21.3. The van der Waals surface area contributed by atoms with E-state index in [4.69, 9.17) is 5.14 Å². The lowest BCUT2D eigenvalue weighted by molar-refractivity contribution is 0.315. The van der Waals surface area contributed by atoms with E-state index in [9.17, 15) is 4.21 Å². The van der Waals surface area contributed by atoms with Gasteiger partial charge in [-0.05, 0) is 49.9 Å². The van der Waals surface area contributed by atoms with Crippen LogP contribution in [0.3, 0.4) is 0 Å². The van der Waals surface area contributed by atoms with Crippen molar-refractivity contribution in [2.24, 2.45) is 9.17 Å². The highest BCUT2D eigenvalue weighted by atomic mass is 32.2. The molecule has 0 spiro atoms. The summed E-state index contributed by atoms with van der Waals surface area (Å²) in [5, 5.41) is 6.16. The molecule has 0 aliphatic rings. The molecule has 1 aromatic carbocycles. The molecule has 24 heavy (non-hydrogen) atoms. The fourth-order valence-electron chi connectivity index (χ4n) is 2.51. The molecule has 0 aliphatic heterocycles. The predicted octanol–water partition coefficient (Wildman–Crippen LogP) is 4.23. The largest absolute Gasteiger partial charge is 0.309 e. The van der Waals surface area contributed by atoms with Gasteiger partial charge < -0.3 is 4.90 Å². The summed E-state index contributed by atoms with van der Waals surface area (Å²) in [6, 6.07) is 7.83. The molecule has 0 bridgehead atoms. The summed E-state index contributed by atoms with van der Waals surface area (Å²) >= 11 is 0. The Hall–Kier alpha value is -0.693. The van der Waals surface area contributed by atoms with Crippen LogP contribution >= 0.6 is 0 Å². The van der Waals surface area contributed by atoms with Gasteiger partial charge in [-0.1, -0.05) is 46.8 Å². The van der Waals surface area contributed by atoms with Crippen molar-refractivity contribution in [3.63, 3.8) is 0 Å². The van der Waals surface area contributed by atoms with Crippen molar-refractivity contribution in [1.29, 1.82) is 0 Å². The van der Waals surface area contributed by atoms with E-state index in [1.807, 2.05) is 24.3 Å². The lowest BCUT2D eigenvalue weighted by Gasteiger charge is -2.33. The molecule has 0 aromatic heterocycles. The van der Waals surface area contributed by atoms with Crippen LogP contribution in [0, 0.1) is 0 Å². The van der Waals surface area contributed by atoms with Gasteiger partial charge in [0.2, 0.25) is 0 Å². The van der Waals surface area contributed by atoms with Crippen molar-refractivity contribution < 1.29 is 4.21 Å². The molecule has 0 heterocycles. The molecule has 0 amide bonds. The molecular formula is C18H35N3OSSi. The predicted molar refractivity (Wildman–Crippen MR) is 108 cm³/mol. The van der Waals surface area contributed by atoms with Crippen LogP contribution in [0.15, 0.2) is 33.2 Å². The number of nitrogens with zero attached hydrogens (tertiary/aromatic N) is 2. The molecule has 0 saturated carbocycles. The van der Waals surface area contributed by atoms with Crippen molar-refractivity contribution in [2.45, 2.75) is 63.1 Å². The second kappa shape index (κ2) is 6.90. The lowest BCUT2D eigenvalue weighted by Crippen LogP contribution is -2.37. The molecule has 0 radical (unpaired) electrons. The Morgan fingerprint density at radius 3 is 1.92 bits per heavy atom. The molecule has 1 aromatic rings. The van der Waals surface area contributed by atoms with E-state index in [0.29, 0.717) is 4.90 Å². The van der Waals surface area contributed by atoms with Crippen LogP contribution in [0.25, 0.3) is 0 Å². The molecule has 6 heteroatoms. The molecule has 1 rings (SSSR count). The standard InChI is InChI=1S/C18H35N3OSSi/c1-17(2,3)24(8,9)20-23(19,22)16-12-10-15(11-13-16)18(4,5)14-21(6)7/h10-13H,14H2,1-9H3,(H2,19,20,22). The maximum absolute atomic E-state index is 13.0. The Balaban J connectivity index is 3.23. The second-order valence-electron chi connectivity index (χ2n) is 9.11. The highest BCUT2D eigenvalue weighted by molar-refractivity contribution is 7.92. The van der Waals surface area contributed by atoms with Gasteiger partial charge in [0.15, 0.2) is 8.24 Å². The molecule has 1 unspecified atom stereocenters. The average molecular weight is 370 g/mol. The summed E-state index contributed by atoms with van der Waals surface area (Å²) in [5.74, 6) is 0. The molecule has 2 N–H and O–H groups in total. The molecule has 0 aliphatic carbocycles. The van der Waals surface area contributed by atoms with Gasteiger partial charge >= 0.3 is 0 Å². The Morgan fingerprint density at radius 1 is 1.08 bits per heavy atom. The van der Waals surface area contributed by atoms with Crippen LogP contribution < -0.4 is 5.14 Å². The number of hydrogen-bond donors (Lipinski definition) is 1. The Labute approximate surface area is 150 Å². The van der Waals surface area contributed by atoms with Crippen molar-refractivity contribution in [2.75, 3.05) is 20.6 Å². The van der Waals surface area contributed by atoms with Gasteiger partial charge in [0.1, 0.15) is 9.92 Å². The van der Waals surface area contributed by atoms with Gasteiger partial charge in [-0.2, -0.15) is 0 Å². The summed E-state index contributed by atoms with van der Waals surface area (Å²) in [6.07, 6.45) is 0. The number of nitrogens with two attached hydrogens (primary N) is 1. The molecule has 138 valence electrons. The van der Waals surface area contributed by atoms with Crippen molar-refractivity contribution in [1.82, 2.24) is 4.90 Å². The Kier molecular flexibility index (Phi) is 6.14. The van der Waals surface area contributed by atoms with Crippen LogP contribution in [0.4, 0.5) is 0 Å². The smallest absolute Gasteiger partial charge is 0.195 e. The summed E-state index contributed by atoms with van der Waals surface area (Å²) in [7, 11) is -0.797. The lowest BCUT2D eigenvalue weighted by atomic mass is 9.84. The summed E-state index contributed by atoms with van der Waals surface area (Å²) in [5.41, 5.74) is 1.23. The maximum Gasteiger partial charge on any atom is 0.195 e. The van der Waals surface area contributed by atoms with Gasteiger partial charge in [-0.15, -0.1) is 0 Å². The Bertz CT molecular complexity index is 679. The van der Waals surface area contributed by atoms with Crippen LogP contribution in [0.5, 0.6) is 0 Å². The number of benzene rings is 1. The van der Waals surface area contributed by atoms with E-state index >= 15 is 0 Å². The molecule has 0 fully saturated rings. The summed E-state index contributed by atoms with van der Waals surface area (Å²) < 4.78 is 17.7. The first-order chi connectivity index (χ1) is 10.6. The van der Waals surface area contributed by atoms with Gasteiger partial charge in [0.05, 0.1) is 4.90 Å². The van der Waals surface area contributed by atoms with Gasteiger partial charge in [-0.25, -0.2) is 9.35 Å². The highest BCUT2D eigenvalue weighted by Crippen LogP contribution is 2.37. The zero-order chi connectivity index (χ0) is 19.0. The maximum atomic E-state index is 13.0. The third kappa shape index (κ3) is 5.15. The number of hydrogen-bond acceptors (Lipinski definition) is 3. The van der Waals surface area contributed by atoms with Gasteiger partial charge in [0, 0.05) is 12.0 Å². The van der Waals surface area contributed by atoms with E-state index in [1.165, 1.54) is 5.56 Å². The summed E-state index contributed by atoms with van der Waals surface area (Å²) in [4.78, 5) is 2.80. The molecule has 4 nitrogen and oxygen atoms in total. The SMILES string of the molecule is CN(C)CC(C)(C)c1ccc(S(N)(=O)=N[Si](C)(C)C(C)(C)C)cc1. The molecule has 0 saturated heterocycles. The molecule has 1 atom stereocenters. The van der Waals surface area contributed by atoms with Gasteiger partial charge in [-0.3, -0.25) is 4.03 Å². The minimum atomic E-state index is -2.86. The first-order valence-electron chi connectivity index (χ1n) is 8.40. The second-order valence-corrected chi connectivity index (χ2v) is 16.1. The zero-order valence-electron chi connectivity index (χ0n) is 16.8. The third-order valence-corrected chi connectivity index (χ3v) is 12.4. The minimum absolute atomic E-state index is 0.0165. The van der Waals surface area contributed by atoms with Crippen LogP contribution in [0.1, 0.15) is 40.2 Å².